The molecular formula is C14H17F3N6. The van der Waals surface area contributed by atoms with Gasteiger partial charge in [-0.15, -0.1) is 5.10 Å². The molecule has 1 saturated heterocycles. The Morgan fingerprint density at radius 1 is 1.26 bits per heavy atom. The fraction of sp³-hybridized carbons (Fsp3) is 0.500. The summed E-state index contributed by atoms with van der Waals surface area (Å²) in [7, 11) is 2.07. The van der Waals surface area contributed by atoms with Crippen molar-refractivity contribution < 1.29 is 13.2 Å². The Balaban J connectivity index is 1.75. The Morgan fingerprint density at radius 3 is 2.70 bits per heavy atom. The second-order valence-electron chi connectivity index (χ2n) is 5.66. The van der Waals surface area contributed by atoms with Crippen LogP contribution in [0.4, 0.5) is 24.7 Å². The van der Waals surface area contributed by atoms with Crippen LogP contribution in [0, 0.1) is 0 Å². The van der Waals surface area contributed by atoms with Gasteiger partial charge in [0.25, 0.3) is 0 Å². The maximum Gasteiger partial charge on any atom is 0.420 e. The average molecular weight is 326 g/mol. The van der Waals surface area contributed by atoms with Crippen LogP contribution in [0.25, 0.3) is 0 Å². The van der Waals surface area contributed by atoms with Crippen molar-refractivity contribution in [3.8, 4) is 0 Å². The molecule has 0 aliphatic carbocycles. The highest BCUT2D eigenvalue weighted by Gasteiger charge is 2.34. The monoisotopic (exact) mass is 326 g/mol. The first kappa shape index (κ1) is 15.7. The van der Waals surface area contributed by atoms with E-state index < -0.39 is 11.7 Å². The van der Waals surface area contributed by atoms with Gasteiger partial charge in [-0.2, -0.15) is 23.4 Å². The summed E-state index contributed by atoms with van der Waals surface area (Å²) in [5.41, 5.74) is -0.380. The first-order valence-corrected chi connectivity index (χ1v) is 7.32. The number of likely N-dealkylation sites (tertiary alicyclic amines) is 1. The van der Waals surface area contributed by atoms with Crippen LogP contribution in [0.15, 0.2) is 24.7 Å². The lowest BCUT2D eigenvalue weighted by atomic mass is 10.1. The van der Waals surface area contributed by atoms with Crippen molar-refractivity contribution in [3.63, 3.8) is 0 Å². The standard InChI is InChI=1S/C14H17F3N6/c1-22-6-3-11(4-7-22)23-9-10(8-19-23)20-13-12(14(15,16)17)2-5-18-21-13/h2,5,8-9,11H,3-4,6-7H2,1H3,(H,20,21). The molecule has 0 aromatic carbocycles. The lowest BCUT2D eigenvalue weighted by molar-refractivity contribution is -0.137. The summed E-state index contributed by atoms with van der Waals surface area (Å²) >= 11 is 0. The van der Waals surface area contributed by atoms with Crippen molar-refractivity contribution >= 4 is 11.5 Å². The summed E-state index contributed by atoms with van der Waals surface area (Å²) in [4.78, 5) is 2.24. The summed E-state index contributed by atoms with van der Waals surface area (Å²) in [5, 5.41) is 14.0. The van der Waals surface area contributed by atoms with Crippen LogP contribution in [0.2, 0.25) is 0 Å². The van der Waals surface area contributed by atoms with Crippen LogP contribution in [0.5, 0.6) is 0 Å². The van der Waals surface area contributed by atoms with Gasteiger partial charge in [0.2, 0.25) is 0 Å². The fourth-order valence-corrected chi connectivity index (χ4v) is 2.65. The number of piperidine rings is 1. The van der Waals surface area contributed by atoms with E-state index in [0.29, 0.717) is 5.69 Å². The van der Waals surface area contributed by atoms with E-state index >= 15 is 0 Å². The third kappa shape index (κ3) is 3.61. The molecule has 0 saturated carbocycles. The van der Waals surface area contributed by atoms with Crippen LogP contribution < -0.4 is 5.32 Å². The van der Waals surface area contributed by atoms with E-state index in [1.165, 1.54) is 6.20 Å². The smallest absolute Gasteiger partial charge is 0.336 e. The number of nitrogens with zero attached hydrogens (tertiary/aromatic N) is 5. The zero-order valence-corrected chi connectivity index (χ0v) is 12.6. The number of alkyl halides is 3. The topological polar surface area (TPSA) is 58.9 Å². The van der Waals surface area contributed by atoms with Gasteiger partial charge in [-0.05, 0) is 39.0 Å². The number of halogens is 3. The molecule has 3 heterocycles. The summed E-state index contributed by atoms with van der Waals surface area (Å²) < 4.78 is 40.7. The number of rotatable bonds is 3. The van der Waals surface area contributed by atoms with E-state index in [1.54, 1.807) is 10.9 Å². The lowest BCUT2D eigenvalue weighted by Gasteiger charge is -2.28. The van der Waals surface area contributed by atoms with Gasteiger partial charge in [-0.1, -0.05) is 0 Å². The van der Waals surface area contributed by atoms with Gasteiger partial charge in [0, 0.05) is 6.20 Å². The number of anilines is 2. The Kier molecular flexibility index (Phi) is 4.20. The van der Waals surface area contributed by atoms with E-state index in [0.717, 1.165) is 38.2 Å². The highest BCUT2D eigenvalue weighted by Crippen LogP contribution is 2.34. The molecule has 1 aliphatic rings. The molecule has 0 amide bonds. The predicted octanol–water partition coefficient (Wildman–Crippen LogP) is 2.70. The maximum absolute atomic E-state index is 13.0. The molecule has 1 aliphatic heterocycles. The largest absolute Gasteiger partial charge is 0.420 e. The van der Waals surface area contributed by atoms with Crippen molar-refractivity contribution in [2.24, 2.45) is 0 Å². The summed E-state index contributed by atoms with van der Waals surface area (Å²) in [6, 6.07) is 1.17. The molecule has 2 aromatic rings. The van der Waals surface area contributed by atoms with E-state index in [4.69, 9.17) is 0 Å². The van der Waals surface area contributed by atoms with Crippen LogP contribution >= 0.6 is 0 Å². The van der Waals surface area contributed by atoms with Gasteiger partial charge in [0.1, 0.15) is 5.56 Å². The Hall–Kier alpha value is -2.16. The van der Waals surface area contributed by atoms with Crippen molar-refractivity contribution in [1.82, 2.24) is 24.9 Å². The SMILES string of the molecule is CN1CCC(n2cc(Nc3nnccc3C(F)(F)F)cn2)CC1. The molecule has 124 valence electrons. The lowest BCUT2D eigenvalue weighted by Crippen LogP contribution is -2.31. The van der Waals surface area contributed by atoms with Gasteiger partial charge in [0.05, 0.1) is 24.1 Å². The second-order valence-corrected chi connectivity index (χ2v) is 5.66. The molecule has 0 atom stereocenters. The highest BCUT2D eigenvalue weighted by atomic mass is 19.4. The fourth-order valence-electron chi connectivity index (χ4n) is 2.65. The third-order valence-corrected chi connectivity index (χ3v) is 3.95. The van der Waals surface area contributed by atoms with E-state index in [2.05, 4.69) is 32.6 Å². The number of hydrogen-bond acceptors (Lipinski definition) is 5. The molecule has 2 aromatic heterocycles. The normalized spacial score (nSPS) is 17.4. The Bertz CT molecular complexity index is 661. The summed E-state index contributed by atoms with van der Waals surface area (Å²) in [6.07, 6.45) is 1.70. The molecule has 0 spiro atoms. The maximum atomic E-state index is 13.0. The quantitative estimate of drug-likeness (QED) is 0.940. The zero-order chi connectivity index (χ0) is 16.4. The first-order chi connectivity index (χ1) is 10.9. The number of aromatic nitrogens is 4. The van der Waals surface area contributed by atoms with Crippen molar-refractivity contribution in [2.45, 2.75) is 25.1 Å². The van der Waals surface area contributed by atoms with Crippen LogP contribution in [-0.4, -0.2) is 45.0 Å². The highest BCUT2D eigenvalue weighted by molar-refractivity contribution is 5.57. The Labute approximate surface area is 131 Å². The minimum absolute atomic E-state index is 0.269. The van der Waals surface area contributed by atoms with Gasteiger partial charge >= 0.3 is 6.18 Å². The molecule has 6 nitrogen and oxygen atoms in total. The van der Waals surface area contributed by atoms with Crippen LogP contribution in [0.1, 0.15) is 24.4 Å². The molecule has 1 N–H and O–H groups in total. The summed E-state index contributed by atoms with van der Waals surface area (Å²) in [6.45, 7) is 1.96. The predicted molar refractivity (Wildman–Crippen MR) is 78.3 cm³/mol. The van der Waals surface area contributed by atoms with Crippen LogP contribution in [-0.2, 0) is 6.18 Å². The molecular weight excluding hydrogens is 309 g/mol. The van der Waals surface area contributed by atoms with E-state index in [9.17, 15) is 13.2 Å². The Morgan fingerprint density at radius 2 is 2.00 bits per heavy atom. The van der Waals surface area contributed by atoms with Crippen molar-refractivity contribution in [1.29, 1.82) is 0 Å². The van der Waals surface area contributed by atoms with E-state index in [-0.39, 0.29) is 11.9 Å². The van der Waals surface area contributed by atoms with E-state index in [1.807, 2.05) is 0 Å². The minimum Gasteiger partial charge on any atom is -0.336 e. The average Bonchev–Trinajstić information content (AvgIpc) is 2.96. The second kappa shape index (κ2) is 6.15. The van der Waals surface area contributed by atoms with Crippen molar-refractivity contribution in [3.05, 3.63) is 30.2 Å². The minimum atomic E-state index is -4.48. The molecule has 9 heteroatoms. The summed E-state index contributed by atoms with van der Waals surface area (Å²) in [5.74, 6) is -0.317. The van der Waals surface area contributed by atoms with Gasteiger partial charge in [0.15, 0.2) is 5.82 Å². The molecule has 0 bridgehead atoms. The number of hydrogen-bond donors (Lipinski definition) is 1. The molecule has 23 heavy (non-hydrogen) atoms. The van der Waals surface area contributed by atoms with Gasteiger partial charge < -0.3 is 10.2 Å². The molecule has 0 radical (unpaired) electrons. The van der Waals surface area contributed by atoms with Crippen molar-refractivity contribution in [2.75, 3.05) is 25.5 Å². The van der Waals surface area contributed by atoms with Gasteiger partial charge in [-0.3, -0.25) is 4.68 Å². The first-order valence-electron chi connectivity index (χ1n) is 7.32. The van der Waals surface area contributed by atoms with Gasteiger partial charge in [-0.25, -0.2) is 0 Å². The zero-order valence-electron chi connectivity index (χ0n) is 12.6. The molecule has 1 fully saturated rings. The molecule has 3 rings (SSSR count). The van der Waals surface area contributed by atoms with Crippen LogP contribution in [0.3, 0.4) is 0 Å². The molecule has 0 unspecified atom stereocenters. The number of nitrogens with one attached hydrogen (secondary N) is 1. The third-order valence-electron chi connectivity index (χ3n) is 3.95.